The highest BCUT2D eigenvalue weighted by Gasteiger charge is 2.13. The molecule has 0 aromatic heterocycles. The summed E-state index contributed by atoms with van der Waals surface area (Å²) in [6.07, 6.45) is 1.55. The van der Waals surface area contributed by atoms with E-state index in [0.717, 1.165) is 20.1 Å². The Labute approximate surface area is 222 Å². The van der Waals surface area contributed by atoms with E-state index >= 15 is 0 Å². The van der Waals surface area contributed by atoms with Crippen LogP contribution in [0.25, 0.3) is 10.8 Å². The molecule has 0 heterocycles. The minimum absolute atomic E-state index is 0.00560. The largest absolute Gasteiger partial charge is 0.490 e. The Morgan fingerprint density at radius 3 is 2.61 bits per heavy atom. The number of rotatable bonds is 10. The van der Waals surface area contributed by atoms with Gasteiger partial charge in [-0.25, -0.2) is 9.82 Å². The Hall–Kier alpha value is -3.66. The first kappa shape index (κ1) is 25.4. The lowest BCUT2D eigenvalue weighted by atomic mass is 10.1. The van der Waals surface area contributed by atoms with E-state index < -0.39 is 0 Å². The van der Waals surface area contributed by atoms with Gasteiger partial charge in [0, 0.05) is 5.69 Å². The van der Waals surface area contributed by atoms with E-state index in [1.807, 2.05) is 37.3 Å². The summed E-state index contributed by atoms with van der Waals surface area (Å²) >= 11 is 2.21. The van der Waals surface area contributed by atoms with Gasteiger partial charge in [-0.1, -0.05) is 42.5 Å². The number of amides is 1. The maximum Gasteiger partial charge on any atom is 0.259 e. The van der Waals surface area contributed by atoms with Crippen LogP contribution in [0.2, 0.25) is 0 Å². The van der Waals surface area contributed by atoms with E-state index in [9.17, 15) is 9.18 Å². The second kappa shape index (κ2) is 12.3. The number of halogens is 2. The quantitative estimate of drug-likeness (QED) is 0.131. The van der Waals surface area contributed by atoms with Gasteiger partial charge >= 0.3 is 0 Å². The van der Waals surface area contributed by atoms with E-state index in [-0.39, 0.29) is 18.3 Å². The van der Waals surface area contributed by atoms with Gasteiger partial charge in [-0.2, -0.15) is 5.10 Å². The number of benzene rings is 4. The van der Waals surface area contributed by atoms with Crippen LogP contribution in [-0.4, -0.2) is 25.3 Å². The molecule has 0 aliphatic rings. The summed E-state index contributed by atoms with van der Waals surface area (Å²) in [6, 6.07) is 23.9. The molecule has 0 radical (unpaired) electrons. The third-order valence-corrected chi connectivity index (χ3v) is 6.09. The maximum atomic E-state index is 13.0. The Morgan fingerprint density at radius 1 is 1.03 bits per heavy atom. The molecule has 8 heteroatoms. The van der Waals surface area contributed by atoms with Crippen LogP contribution in [0.4, 0.5) is 10.1 Å². The number of hydrogen-bond acceptors (Lipinski definition) is 5. The summed E-state index contributed by atoms with van der Waals surface area (Å²) in [4.78, 5) is 12.1. The summed E-state index contributed by atoms with van der Waals surface area (Å²) < 4.78 is 25.9. The van der Waals surface area contributed by atoms with Gasteiger partial charge in [-0.3, -0.25) is 4.79 Å². The summed E-state index contributed by atoms with van der Waals surface area (Å²) in [5, 5.41) is 9.27. The lowest BCUT2D eigenvalue weighted by Crippen LogP contribution is -2.25. The molecule has 0 bridgehead atoms. The SMILES string of the molecule is CCOc1cc(/C=N\NC(=O)CNc2ccc(F)cc2)cc(I)c1OCc1cccc2ccccc12. The zero-order valence-electron chi connectivity index (χ0n) is 19.6. The van der Waals surface area contributed by atoms with Crippen molar-refractivity contribution in [1.82, 2.24) is 5.43 Å². The van der Waals surface area contributed by atoms with Crippen LogP contribution in [0.5, 0.6) is 11.5 Å². The molecular weight excluding hydrogens is 572 g/mol. The van der Waals surface area contributed by atoms with Gasteiger partial charge in [-0.15, -0.1) is 0 Å². The average molecular weight is 597 g/mol. The number of anilines is 1. The number of nitrogens with zero attached hydrogens (tertiary/aromatic N) is 1. The first-order chi connectivity index (χ1) is 17.5. The van der Waals surface area contributed by atoms with Crippen LogP contribution in [0.3, 0.4) is 0 Å². The zero-order chi connectivity index (χ0) is 25.3. The smallest absolute Gasteiger partial charge is 0.259 e. The fourth-order valence-corrected chi connectivity index (χ4v) is 4.38. The molecule has 184 valence electrons. The topological polar surface area (TPSA) is 72.0 Å². The fourth-order valence-electron chi connectivity index (χ4n) is 3.60. The van der Waals surface area contributed by atoms with Gasteiger partial charge < -0.3 is 14.8 Å². The minimum atomic E-state index is -0.333. The number of hydrazone groups is 1. The third kappa shape index (κ3) is 6.72. The molecular formula is C28H25FIN3O3. The summed E-state index contributed by atoms with van der Waals surface area (Å²) in [6.45, 7) is 2.80. The maximum absolute atomic E-state index is 13.0. The predicted molar refractivity (Wildman–Crippen MR) is 149 cm³/mol. The molecule has 0 spiro atoms. The molecule has 2 N–H and O–H groups in total. The molecule has 36 heavy (non-hydrogen) atoms. The Bertz CT molecular complexity index is 1370. The van der Waals surface area contributed by atoms with E-state index in [1.165, 1.54) is 17.5 Å². The molecule has 0 saturated heterocycles. The molecule has 0 saturated carbocycles. The van der Waals surface area contributed by atoms with Crippen molar-refractivity contribution in [2.24, 2.45) is 5.10 Å². The van der Waals surface area contributed by atoms with Crippen LogP contribution in [0, 0.1) is 9.39 Å². The molecule has 4 aromatic carbocycles. The number of fused-ring (bicyclic) bond motifs is 1. The van der Waals surface area contributed by atoms with Crippen molar-refractivity contribution in [1.29, 1.82) is 0 Å². The van der Waals surface area contributed by atoms with Gasteiger partial charge in [0.1, 0.15) is 12.4 Å². The molecule has 0 aliphatic carbocycles. The van der Waals surface area contributed by atoms with E-state index in [1.54, 1.807) is 18.3 Å². The Balaban J connectivity index is 1.40. The van der Waals surface area contributed by atoms with Crippen LogP contribution in [0.1, 0.15) is 18.1 Å². The fraction of sp³-hybridized carbons (Fsp3) is 0.143. The normalized spacial score (nSPS) is 11.0. The molecule has 6 nitrogen and oxygen atoms in total. The van der Waals surface area contributed by atoms with Gasteiger partial charge in [0.15, 0.2) is 11.5 Å². The van der Waals surface area contributed by atoms with Crippen molar-refractivity contribution in [2.45, 2.75) is 13.5 Å². The lowest BCUT2D eigenvalue weighted by molar-refractivity contribution is -0.119. The first-order valence-corrected chi connectivity index (χ1v) is 12.5. The van der Waals surface area contributed by atoms with Crippen molar-refractivity contribution in [3.63, 3.8) is 0 Å². The van der Waals surface area contributed by atoms with Crippen molar-refractivity contribution >= 4 is 51.2 Å². The highest BCUT2D eigenvalue weighted by atomic mass is 127. The van der Waals surface area contributed by atoms with Crippen molar-refractivity contribution < 1.29 is 18.7 Å². The lowest BCUT2D eigenvalue weighted by Gasteiger charge is -2.15. The minimum Gasteiger partial charge on any atom is -0.490 e. The van der Waals surface area contributed by atoms with Crippen molar-refractivity contribution in [3.8, 4) is 11.5 Å². The van der Waals surface area contributed by atoms with E-state index in [2.05, 4.69) is 62.7 Å². The van der Waals surface area contributed by atoms with Gasteiger partial charge in [0.05, 0.1) is 22.9 Å². The number of hydrogen-bond donors (Lipinski definition) is 2. The van der Waals surface area contributed by atoms with E-state index in [4.69, 9.17) is 9.47 Å². The third-order valence-electron chi connectivity index (χ3n) is 5.28. The van der Waals surface area contributed by atoms with Gasteiger partial charge in [0.2, 0.25) is 0 Å². The Morgan fingerprint density at radius 2 is 1.81 bits per heavy atom. The molecule has 1 amide bonds. The molecule has 0 aliphatic heterocycles. The first-order valence-electron chi connectivity index (χ1n) is 11.4. The molecule has 4 rings (SSSR count). The Kier molecular flexibility index (Phi) is 8.72. The van der Waals surface area contributed by atoms with Crippen LogP contribution >= 0.6 is 22.6 Å². The molecule has 0 fully saturated rings. The number of carbonyl (C=O) groups excluding carboxylic acids is 1. The number of nitrogens with one attached hydrogen (secondary N) is 2. The summed E-state index contributed by atoms with van der Waals surface area (Å²) in [5.41, 5.74) is 4.97. The molecule has 4 aromatic rings. The van der Waals surface area contributed by atoms with Gasteiger partial charge in [-0.05, 0) is 87.8 Å². The van der Waals surface area contributed by atoms with Crippen molar-refractivity contribution in [3.05, 3.63) is 99.4 Å². The van der Waals surface area contributed by atoms with E-state index in [0.29, 0.717) is 30.4 Å². The molecule has 0 unspecified atom stereocenters. The highest BCUT2D eigenvalue weighted by molar-refractivity contribution is 14.1. The van der Waals surface area contributed by atoms with Crippen LogP contribution in [0.15, 0.2) is 84.0 Å². The van der Waals surface area contributed by atoms with Crippen LogP contribution in [-0.2, 0) is 11.4 Å². The number of ether oxygens (including phenoxy) is 2. The van der Waals surface area contributed by atoms with Crippen molar-refractivity contribution in [2.75, 3.05) is 18.5 Å². The second-order valence-electron chi connectivity index (χ2n) is 7.84. The monoisotopic (exact) mass is 597 g/mol. The second-order valence-corrected chi connectivity index (χ2v) is 9.01. The summed E-state index contributed by atoms with van der Waals surface area (Å²) in [7, 11) is 0. The van der Waals surface area contributed by atoms with Gasteiger partial charge in [0.25, 0.3) is 5.91 Å². The average Bonchev–Trinajstić information content (AvgIpc) is 2.88. The van der Waals surface area contributed by atoms with Crippen LogP contribution < -0.4 is 20.2 Å². The predicted octanol–water partition coefficient (Wildman–Crippen LogP) is 6.12. The standard InChI is InChI=1S/C28H25FIN3O3/c1-2-35-26-15-19(16-32-33-27(34)17-31-23-12-10-22(29)11-13-23)14-25(30)28(26)36-18-21-8-5-7-20-6-3-4-9-24(20)21/h3-16,31H,2,17-18H2,1H3,(H,33,34)/b32-16-. The molecule has 0 atom stereocenters. The summed E-state index contributed by atoms with van der Waals surface area (Å²) in [5.74, 6) is 0.608. The highest BCUT2D eigenvalue weighted by Crippen LogP contribution is 2.35. The number of carbonyl (C=O) groups is 1. The zero-order valence-corrected chi connectivity index (χ0v) is 21.8.